The molecule has 0 bridgehead atoms. The van der Waals surface area contributed by atoms with Crippen molar-refractivity contribution < 1.29 is 0 Å². The minimum atomic E-state index is 0.0856. The molecule has 86 valence electrons. The monoisotopic (exact) mass is 219 g/mol. The number of H-pyrrole nitrogens is 1. The fourth-order valence-corrected chi connectivity index (χ4v) is 1.82. The zero-order valence-corrected chi connectivity index (χ0v) is 9.64. The highest BCUT2D eigenvalue weighted by Gasteiger charge is 2.18. The molecule has 0 radical (unpaired) electrons. The Morgan fingerprint density at radius 2 is 2.31 bits per heavy atom. The Morgan fingerprint density at radius 3 is 2.94 bits per heavy atom. The maximum Gasteiger partial charge on any atom is 0.132 e. The van der Waals surface area contributed by atoms with Crippen molar-refractivity contribution in [3.63, 3.8) is 0 Å². The smallest absolute Gasteiger partial charge is 0.132 e. The molecule has 0 aliphatic carbocycles. The van der Waals surface area contributed by atoms with Gasteiger partial charge >= 0.3 is 0 Å². The molecule has 0 spiro atoms. The quantitative estimate of drug-likeness (QED) is 0.797. The minimum Gasteiger partial charge on any atom is -0.334 e. The van der Waals surface area contributed by atoms with E-state index in [0.29, 0.717) is 0 Å². The number of aromatic nitrogens is 4. The second-order valence-corrected chi connectivity index (χ2v) is 3.57. The van der Waals surface area contributed by atoms with Crippen LogP contribution < -0.4 is 5.32 Å². The average Bonchev–Trinajstić information content (AvgIpc) is 2.96. The number of nitrogens with one attached hydrogen (secondary N) is 2. The molecule has 0 aliphatic rings. The number of hydrogen-bond donors (Lipinski definition) is 2. The van der Waals surface area contributed by atoms with Gasteiger partial charge in [0.2, 0.25) is 0 Å². The lowest BCUT2D eigenvalue weighted by molar-refractivity contribution is 0.547. The fraction of sp³-hybridized carbons (Fsp3) is 0.455. The van der Waals surface area contributed by atoms with Crippen molar-refractivity contribution in [2.75, 3.05) is 6.54 Å². The molecule has 0 aliphatic heterocycles. The van der Waals surface area contributed by atoms with Gasteiger partial charge in [0.25, 0.3) is 0 Å². The Bertz CT molecular complexity index is 417. The molecule has 2 N–H and O–H groups in total. The van der Waals surface area contributed by atoms with Crippen LogP contribution in [0, 0.1) is 0 Å². The standard InChI is InChI=1S/C11H17N5/c1-3-12-10(9-5-6-14-15-9)11-13-7-8-16(11)4-2/h5-8,10,12H,3-4H2,1-2H3,(H,14,15). The predicted molar refractivity (Wildman–Crippen MR) is 62.0 cm³/mol. The number of hydrogen-bond acceptors (Lipinski definition) is 3. The summed E-state index contributed by atoms with van der Waals surface area (Å²) in [6.07, 6.45) is 5.59. The first-order valence-corrected chi connectivity index (χ1v) is 5.60. The van der Waals surface area contributed by atoms with Gasteiger partial charge in [-0.1, -0.05) is 6.92 Å². The maximum absolute atomic E-state index is 4.41. The highest BCUT2D eigenvalue weighted by atomic mass is 15.2. The van der Waals surface area contributed by atoms with Gasteiger partial charge < -0.3 is 9.88 Å². The van der Waals surface area contributed by atoms with Gasteiger partial charge in [0.05, 0.1) is 5.69 Å². The van der Waals surface area contributed by atoms with Crippen molar-refractivity contribution in [3.8, 4) is 0 Å². The number of aromatic amines is 1. The summed E-state index contributed by atoms with van der Waals surface area (Å²) in [5.41, 5.74) is 1.04. The van der Waals surface area contributed by atoms with Crippen LogP contribution in [0.1, 0.15) is 31.4 Å². The van der Waals surface area contributed by atoms with E-state index in [1.165, 1.54) is 0 Å². The molecule has 2 rings (SSSR count). The van der Waals surface area contributed by atoms with E-state index in [2.05, 4.69) is 38.9 Å². The van der Waals surface area contributed by atoms with E-state index >= 15 is 0 Å². The molecule has 1 atom stereocenters. The van der Waals surface area contributed by atoms with Crippen LogP contribution in [-0.2, 0) is 6.54 Å². The van der Waals surface area contributed by atoms with Crippen molar-refractivity contribution in [3.05, 3.63) is 36.2 Å². The minimum absolute atomic E-state index is 0.0856. The summed E-state index contributed by atoms with van der Waals surface area (Å²) in [4.78, 5) is 4.41. The first-order valence-electron chi connectivity index (χ1n) is 5.60. The molecule has 16 heavy (non-hydrogen) atoms. The first-order chi connectivity index (χ1) is 7.86. The molecule has 5 nitrogen and oxygen atoms in total. The summed E-state index contributed by atoms with van der Waals surface area (Å²) in [5.74, 6) is 1.02. The topological polar surface area (TPSA) is 58.5 Å². The largest absolute Gasteiger partial charge is 0.334 e. The molecule has 0 fully saturated rings. The van der Waals surface area contributed by atoms with Gasteiger partial charge in [0, 0.05) is 25.1 Å². The Kier molecular flexibility index (Phi) is 3.36. The lowest BCUT2D eigenvalue weighted by Gasteiger charge is -2.16. The molecule has 0 aromatic carbocycles. The van der Waals surface area contributed by atoms with E-state index in [0.717, 1.165) is 24.6 Å². The van der Waals surface area contributed by atoms with Gasteiger partial charge in [-0.25, -0.2) is 4.98 Å². The molecule has 0 saturated carbocycles. The summed E-state index contributed by atoms with van der Waals surface area (Å²) < 4.78 is 2.13. The SMILES string of the molecule is CCNC(c1ccn[nH]1)c1nccn1CC. The lowest BCUT2D eigenvalue weighted by Crippen LogP contribution is -2.25. The first kappa shape index (κ1) is 10.9. The van der Waals surface area contributed by atoms with Crippen molar-refractivity contribution in [2.45, 2.75) is 26.4 Å². The molecule has 0 amide bonds. The van der Waals surface area contributed by atoms with Gasteiger partial charge in [-0.05, 0) is 19.5 Å². The molecule has 0 saturated heterocycles. The van der Waals surface area contributed by atoms with E-state index in [1.54, 1.807) is 6.20 Å². The van der Waals surface area contributed by atoms with Crippen LogP contribution in [0.4, 0.5) is 0 Å². The summed E-state index contributed by atoms with van der Waals surface area (Å²) in [6.45, 7) is 6.01. The molecule has 1 unspecified atom stereocenters. The van der Waals surface area contributed by atoms with Gasteiger partial charge in [0.1, 0.15) is 11.9 Å². The zero-order valence-electron chi connectivity index (χ0n) is 9.64. The molecule has 2 aromatic rings. The third-order valence-corrected chi connectivity index (χ3v) is 2.59. The van der Waals surface area contributed by atoms with Gasteiger partial charge in [0.15, 0.2) is 0 Å². The van der Waals surface area contributed by atoms with Crippen molar-refractivity contribution in [1.29, 1.82) is 0 Å². The van der Waals surface area contributed by atoms with Crippen LogP contribution in [0.3, 0.4) is 0 Å². The van der Waals surface area contributed by atoms with Crippen LogP contribution in [0.2, 0.25) is 0 Å². The fourth-order valence-electron chi connectivity index (χ4n) is 1.82. The summed E-state index contributed by atoms with van der Waals surface area (Å²) >= 11 is 0. The summed E-state index contributed by atoms with van der Waals surface area (Å²) in [7, 11) is 0. The van der Waals surface area contributed by atoms with Gasteiger partial charge in [-0.3, -0.25) is 5.10 Å². The molecule has 2 aromatic heterocycles. The van der Waals surface area contributed by atoms with E-state index < -0.39 is 0 Å². The van der Waals surface area contributed by atoms with Crippen LogP contribution in [-0.4, -0.2) is 26.3 Å². The van der Waals surface area contributed by atoms with Crippen LogP contribution in [0.25, 0.3) is 0 Å². The Hall–Kier alpha value is -1.62. The molecular formula is C11H17N5. The normalized spacial score (nSPS) is 12.9. The third kappa shape index (κ3) is 1.99. The Morgan fingerprint density at radius 1 is 1.44 bits per heavy atom. The van der Waals surface area contributed by atoms with Crippen LogP contribution >= 0.6 is 0 Å². The number of rotatable bonds is 5. The summed E-state index contributed by atoms with van der Waals surface area (Å²) in [6, 6.07) is 2.06. The second-order valence-electron chi connectivity index (χ2n) is 3.57. The second kappa shape index (κ2) is 4.94. The lowest BCUT2D eigenvalue weighted by atomic mass is 10.2. The Labute approximate surface area is 94.9 Å². The van der Waals surface area contributed by atoms with E-state index in [4.69, 9.17) is 0 Å². The third-order valence-electron chi connectivity index (χ3n) is 2.59. The van der Waals surface area contributed by atoms with Gasteiger partial charge in [-0.2, -0.15) is 5.10 Å². The van der Waals surface area contributed by atoms with Gasteiger partial charge in [-0.15, -0.1) is 0 Å². The van der Waals surface area contributed by atoms with Crippen molar-refractivity contribution >= 4 is 0 Å². The van der Waals surface area contributed by atoms with Crippen molar-refractivity contribution in [2.24, 2.45) is 0 Å². The number of nitrogens with zero attached hydrogens (tertiary/aromatic N) is 3. The maximum atomic E-state index is 4.41. The zero-order chi connectivity index (χ0) is 11.4. The predicted octanol–water partition coefficient (Wildman–Crippen LogP) is 1.32. The van der Waals surface area contributed by atoms with E-state index in [9.17, 15) is 0 Å². The van der Waals surface area contributed by atoms with Crippen molar-refractivity contribution in [1.82, 2.24) is 25.1 Å². The molecule has 5 heteroatoms. The number of aryl methyl sites for hydroxylation is 1. The van der Waals surface area contributed by atoms with E-state index in [-0.39, 0.29) is 6.04 Å². The van der Waals surface area contributed by atoms with Crippen LogP contribution in [0.5, 0.6) is 0 Å². The highest BCUT2D eigenvalue weighted by molar-refractivity contribution is 5.16. The average molecular weight is 219 g/mol. The molecular weight excluding hydrogens is 202 g/mol. The van der Waals surface area contributed by atoms with E-state index in [1.807, 2.05) is 18.5 Å². The van der Waals surface area contributed by atoms with Crippen LogP contribution in [0.15, 0.2) is 24.7 Å². The summed E-state index contributed by atoms with van der Waals surface area (Å²) in [5, 5.41) is 10.4. The number of imidazole rings is 1. The molecule has 2 heterocycles. The Balaban J connectivity index is 2.33. The highest BCUT2D eigenvalue weighted by Crippen LogP contribution is 2.18.